The standard InChI is InChI=1S/C19H29N3O2/c1-15-12-17(21(2)19(23)18-14-24-11-9-20-18)8-10-22(15)13-16-6-4-3-5-7-16/h3-7,15,17-18,20H,8-14H2,1-2H3. The number of carbonyl (C=O) groups excluding carboxylic acids is 1. The normalized spacial score (nSPS) is 28.5. The summed E-state index contributed by atoms with van der Waals surface area (Å²) in [5.74, 6) is 0.170. The SMILES string of the molecule is CC1CC(N(C)C(=O)C2COCCN2)CCN1Cc1ccccc1. The highest BCUT2D eigenvalue weighted by Gasteiger charge is 2.33. The highest BCUT2D eigenvalue weighted by Crippen LogP contribution is 2.23. The van der Waals surface area contributed by atoms with Gasteiger partial charge in [0.2, 0.25) is 5.91 Å². The summed E-state index contributed by atoms with van der Waals surface area (Å²) in [5.41, 5.74) is 1.36. The Morgan fingerprint density at radius 1 is 1.38 bits per heavy atom. The van der Waals surface area contributed by atoms with Gasteiger partial charge >= 0.3 is 0 Å². The van der Waals surface area contributed by atoms with Crippen LogP contribution in [0.25, 0.3) is 0 Å². The van der Waals surface area contributed by atoms with Crippen molar-refractivity contribution in [3.8, 4) is 0 Å². The van der Waals surface area contributed by atoms with Crippen molar-refractivity contribution in [2.45, 2.75) is 44.4 Å². The molecule has 2 aliphatic rings. The number of hydrogen-bond acceptors (Lipinski definition) is 4. The van der Waals surface area contributed by atoms with Gasteiger partial charge < -0.3 is 15.0 Å². The number of amides is 1. The van der Waals surface area contributed by atoms with E-state index in [1.54, 1.807) is 0 Å². The van der Waals surface area contributed by atoms with Crippen LogP contribution >= 0.6 is 0 Å². The smallest absolute Gasteiger partial charge is 0.242 e. The molecule has 0 radical (unpaired) electrons. The molecular formula is C19H29N3O2. The van der Waals surface area contributed by atoms with Gasteiger partial charge in [-0.25, -0.2) is 0 Å². The van der Waals surface area contributed by atoms with Crippen LogP contribution in [-0.4, -0.2) is 67.2 Å². The number of carbonyl (C=O) groups is 1. The Morgan fingerprint density at radius 2 is 2.17 bits per heavy atom. The molecule has 0 bridgehead atoms. The summed E-state index contributed by atoms with van der Waals surface area (Å²) >= 11 is 0. The number of nitrogens with one attached hydrogen (secondary N) is 1. The Kier molecular flexibility index (Phi) is 5.87. The van der Waals surface area contributed by atoms with Crippen LogP contribution in [0.3, 0.4) is 0 Å². The van der Waals surface area contributed by atoms with Crippen LogP contribution in [0, 0.1) is 0 Å². The lowest BCUT2D eigenvalue weighted by atomic mass is 9.96. The van der Waals surface area contributed by atoms with E-state index >= 15 is 0 Å². The minimum Gasteiger partial charge on any atom is -0.378 e. The molecule has 0 saturated carbocycles. The Morgan fingerprint density at radius 3 is 2.83 bits per heavy atom. The van der Waals surface area contributed by atoms with Crippen molar-refractivity contribution >= 4 is 5.91 Å². The molecule has 5 nitrogen and oxygen atoms in total. The Labute approximate surface area is 145 Å². The van der Waals surface area contributed by atoms with E-state index < -0.39 is 0 Å². The van der Waals surface area contributed by atoms with Crippen molar-refractivity contribution in [1.29, 1.82) is 0 Å². The third-order valence-corrected chi connectivity index (χ3v) is 5.33. The van der Waals surface area contributed by atoms with Crippen molar-refractivity contribution in [2.24, 2.45) is 0 Å². The van der Waals surface area contributed by atoms with E-state index in [2.05, 4.69) is 47.5 Å². The number of hydrogen-bond donors (Lipinski definition) is 1. The molecule has 2 aliphatic heterocycles. The van der Waals surface area contributed by atoms with E-state index in [1.807, 2.05) is 11.9 Å². The molecule has 0 aliphatic carbocycles. The van der Waals surface area contributed by atoms with Crippen molar-refractivity contribution in [1.82, 2.24) is 15.1 Å². The Hall–Kier alpha value is -1.43. The first-order valence-electron chi connectivity index (χ1n) is 9.01. The molecule has 1 N–H and O–H groups in total. The summed E-state index contributed by atoms with van der Waals surface area (Å²) in [6.07, 6.45) is 2.07. The molecule has 3 atom stereocenters. The average molecular weight is 331 g/mol. The van der Waals surface area contributed by atoms with Crippen LogP contribution in [-0.2, 0) is 16.1 Å². The maximum Gasteiger partial charge on any atom is 0.242 e. The fourth-order valence-corrected chi connectivity index (χ4v) is 3.75. The first-order valence-corrected chi connectivity index (χ1v) is 9.01. The van der Waals surface area contributed by atoms with Gasteiger partial charge in [-0.2, -0.15) is 0 Å². The third-order valence-electron chi connectivity index (χ3n) is 5.33. The molecule has 3 unspecified atom stereocenters. The lowest BCUT2D eigenvalue weighted by molar-refractivity contribution is -0.138. The van der Waals surface area contributed by atoms with Crippen LogP contribution < -0.4 is 5.32 Å². The summed E-state index contributed by atoms with van der Waals surface area (Å²) < 4.78 is 5.43. The second kappa shape index (κ2) is 8.10. The number of morpholine rings is 1. The third kappa shape index (κ3) is 4.15. The fraction of sp³-hybridized carbons (Fsp3) is 0.632. The number of likely N-dealkylation sites (tertiary alicyclic amines) is 1. The lowest BCUT2D eigenvalue weighted by Crippen LogP contribution is -2.56. The molecular weight excluding hydrogens is 302 g/mol. The van der Waals surface area contributed by atoms with Crippen molar-refractivity contribution in [3.05, 3.63) is 35.9 Å². The van der Waals surface area contributed by atoms with Crippen LogP contribution in [0.5, 0.6) is 0 Å². The molecule has 0 spiro atoms. The van der Waals surface area contributed by atoms with Gasteiger partial charge in [0.15, 0.2) is 0 Å². The molecule has 132 valence electrons. The van der Waals surface area contributed by atoms with Gasteiger partial charge in [-0.05, 0) is 25.3 Å². The zero-order chi connectivity index (χ0) is 16.9. The molecule has 2 saturated heterocycles. The van der Waals surface area contributed by atoms with Crippen LogP contribution in [0.15, 0.2) is 30.3 Å². The molecule has 1 amide bonds. The summed E-state index contributed by atoms with van der Waals surface area (Å²) in [7, 11) is 1.95. The van der Waals surface area contributed by atoms with Crippen LogP contribution in [0.1, 0.15) is 25.3 Å². The van der Waals surface area contributed by atoms with E-state index in [0.29, 0.717) is 25.3 Å². The number of ether oxygens (including phenoxy) is 1. The highest BCUT2D eigenvalue weighted by atomic mass is 16.5. The molecule has 1 aromatic carbocycles. The topological polar surface area (TPSA) is 44.8 Å². The van der Waals surface area contributed by atoms with E-state index in [0.717, 1.165) is 32.5 Å². The van der Waals surface area contributed by atoms with E-state index in [1.165, 1.54) is 5.56 Å². The van der Waals surface area contributed by atoms with Crippen LogP contribution in [0.4, 0.5) is 0 Å². The predicted molar refractivity (Wildman–Crippen MR) is 94.7 cm³/mol. The average Bonchev–Trinajstić information content (AvgIpc) is 2.64. The minimum atomic E-state index is -0.179. The zero-order valence-corrected chi connectivity index (χ0v) is 14.8. The van der Waals surface area contributed by atoms with Gasteiger partial charge in [-0.3, -0.25) is 9.69 Å². The van der Waals surface area contributed by atoms with Gasteiger partial charge in [0.25, 0.3) is 0 Å². The molecule has 24 heavy (non-hydrogen) atoms. The van der Waals surface area contributed by atoms with E-state index in [4.69, 9.17) is 4.74 Å². The monoisotopic (exact) mass is 331 g/mol. The quantitative estimate of drug-likeness (QED) is 0.908. The summed E-state index contributed by atoms with van der Waals surface area (Å²) in [5, 5.41) is 3.26. The number of nitrogens with zero attached hydrogens (tertiary/aromatic N) is 2. The van der Waals surface area contributed by atoms with Gasteiger partial charge in [0.05, 0.1) is 13.2 Å². The largest absolute Gasteiger partial charge is 0.378 e. The van der Waals surface area contributed by atoms with Gasteiger partial charge in [0.1, 0.15) is 6.04 Å². The fourth-order valence-electron chi connectivity index (χ4n) is 3.75. The molecule has 0 aromatic heterocycles. The van der Waals surface area contributed by atoms with Gasteiger partial charge in [0, 0.05) is 38.8 Å². The van der Waals surface area contributed by atoms with E-state index in [-0.39, 0.29) is 11.9 Å². The van der Waals surface area contributed by atoms with Crippen molar-refractivity contribution in [2.75, 3.05) is 33.4 Å². The lowest BCUT2D eigenvalue weighted by Gasteiger charge is -2.42. The highest BCUT2D eigenvalue weighted by molar-refractivity contribution is 5.82. The minimum absolute atomic E-state index is 0.170. The van der Waals surface area contributed by atoms with Crippen LogP contribution in [0.2, 0.25) is 0 Å². The van der Waals surface area contributed by atoms with Crippen molar-refractivity contribution in [3.63, 3.8) is 0 Å². The maximum absolute atomic E-state index is 12.6. The first-order chi connectivity index (χ1) is 11.6. The second-order valence-corrected chi connectivity index (χ2v) is 7.01. The Bertz CT molecular complexity index is 531. The van der Waals surface area contributed by atoms with E-state index in [9.17, 15) is 4.79 Å². The second-order valence-electron chi connectivity index (χ2n) is 7.01. The van der Waals surface area contributed by atoms with Gasteiger partial charge in [-0.1, -0.05) is 30.3 Å². The number of likely N-dealkylation sites (N-methyl/N-ethyl adjacent to an activating group) is 1. The molecule has 3 rings (SSSR count). The maximum atomic E-state index is 12.6. The number of benzene rings is 1. The van der Waals surface area contributed by atoms with Gasteiger partial charge in [-0.15, -0.1) is 0 Å². The molecule has 2 heterocycles. The molecule has 5 heteroatoms. The predicted octanol–water partition coefficient (Wildman–Crippen LogP) is 1.49. The first kappa shape index (κ1) is 17.4. The Balaban J connectivity index is 1.53. The summed E-state index contributed by atoms with van der Waals surface area (Å²) in [6, 6.07) is 11.2. The number of piperidine rings is 1. The zero-order valence-electron chi connectivity index (χ0n) is 14.8. The number of rotatable bonds is 4. The molecule has 1 aromatic rings. The summed E-state index contributed by atoms with van der Waals surface area (Å²) in [6.45, 7) is 6.25. The molecule has 2 fully saturated rings. The van der Waals surface area contributed by atoms with Crippen molar-refractivity contribution < 1.29 is 9.53 Å². The summed E-state index contributed by atoms with van der Waals surface area (Å²) in [4.78, 5) is 17.1.